The first-order valence-electron chi connectivity index (χ1n) is 5.11. The van der Waals surface area contributed by atoms with Crippen LogP contribution < -0.4 is 5.32 Å². The van der Waals surface area contributed by atoms with Crippen LogP contribution in [0.5, 0.6) is 0 Å². The monoisotopic (exact) mass is 203 g/mol. The number of carbonyl (C=O) groups is 1. The number of likely N-dealkylation sites (N-methyl/N-ethyl adjacent to an activating group) is 1. The third kappa shape index (κ3) is 6.86. The molecule has 0 saturated heterocycles. The average Bonchev–Trinajstić information content (AvgIpc) is 2.09. The summed E-state index contributed by atoms with van der Waals surface area (Å²) in [6.45, 7) is 7.89. The number of hydrogen-bond donors (Lipinski definition) is 2. The van der Waals surface area contributed by atoms with Crippen molar-refractivity contribution in [3.8, 4) is 0 Å². The number of carboxylic acid groups (broad SMARTS) is 1. The van der Waals surface area contributed by atoms with E-state index < -0.39 is 12.0 Å². The third-order valence-electron chi connectivity index (χ3n) is 1.75. The summed E-state index contributed by atoms with van der Waals surface area (Å²) in [7, 11) is 0. The molecule has 0 bridgehead atoms. The maximum absolute atomic E-state index is 10.7. The molecule has 4 nitrogen and oxygen atoms in total. The van der Waals surface area contributed by atoms with Crippen molar-refractivity contribution >= 4 is 5.97 Å². The molecule has 0 saturated carbocycles. The summed E-state index contributed by atoms with van der Waals surface area (Å²) in [5.41, 5.74) is 0. The van der Waals surface area contributed by atoms with Crippen LogP contribution in [0.15, 0.2) is 0 Å². The SMILES string of the molecule is CCNC(CCOCC(C)C)C(=O)O. The highest BCUT2D eigenvalue weighted by molar-refractivity contribution is 5.73. The van der Waals surface area contributed by atoms with Gasteiger partial charge in [0.1, 0.15) is 6.04 Å². The summed E-state index contributed by atoms with van der Waals surface area (Å²) < 4.78 is 5.32. The fraction of sp³-hybridized carbons (Fsp3) is 0.900. The normalized spacial score (nSPS) is 13.1. The van der Waals surface area contributed by atoms with Crippen LogP contribution in [-0.2, 0) is 9.53 Å². The van der Waals surface area contributed by atoms with Crippen LogP contribution in [0, 0.1) is 5.92 Å². The van der Waals surface area contributed by atoms with E-state index in [2.05, 4.69) is 19.2 Å². The van der Waals surface area contributed by atoms with Crippen LogP contribution in [0.3, 0.4) is 0 Å². The van der Waals surface area contributed by atoms with Crippen LogP contribution in [-0.4, -0.2) is 36.9 Å². The maximum atomic E-state index is 10.7. The molecule has 1 unspecified atom stereocenters. The van der Waals surface area contributed by atoms with Crippen molar-refractivity contribution in [2.75, 3.05) is 19.8 Å². The first-order valence-corrected chi connectivity index (χ1v) is 5.11. The molecule has 0 spiro atoms. The molecule has 0 aliphatic heterocycles. The van der Waals surface area contributed by atoms with E-state index in [1.807, 2.05) is 6.92 Å². The lowest BCUT2D eigenvalue weighted by Gasteiger charge is -2.13. The molecule has 0 aliphatic rings. The van der Waals surface area contributed by atoms with Crippen molar-refractivity contribution in [1.82, 2.24) is 5.32 Å². The van der Waals surface area contributed by atoms with Gasteiger partial charge in [-0.2, -0.15) is 0 Å². The molecule has 0 rings (SSSR count). The van der Waals surface area contributed by atoms with Gasteiger partial charge in [-0.15, -0.1) is 0 Å². The Morgan fingerprint density at radius 1 is 1.50 bits per heavy atom. The standard InChI is InChI=1S/C10H21NO3/c1-4-11-9(10(12)13)5-6-14-7-8(2)3/h8-9,11H,4-7H2,1-3H3,(H,12,13). The second-order valence-electron chi connectivity index (χ2n) is 3.71. The molecule has 4 heteroatoms. The summed E-state index contributed by atoms with van der Waals surface area (Å²) in [4.78, 5) is 10.7. The van der Waals surface area contributed by atoms with E-state index in [0.29, 0.717) is 32.1 Å². The minimum Gasteiger partial charge on any atom is -0.480 e. The van der Waals surface area contributed by atoms with Crippen LogP contribution in [0.2, 0.25) is 0 Å². The second kappa shape index (κ2) is 7.76. The van der Waals surface area contributed by atoms with Gasteiger partial charge < -0.3 is 15.2 Å². The van der Waals surface area contributed by atoms with Crippen molar-refractivity contribution < 1.29 is 14.6 Å². The molecular formula is C10H21NO3. The molecule has 0 aliphatic carbocycles. The van der Waals surface area contributed by atoms with E-state index in [9.17, 15) is 4.79 Å². The van der Waals surface area contributed by atoms with Crippen molar-refractivity contribution in [3.63, 3.8) is 0 Å². The maximum Gasteiger partial charge on any atom is 0.320 e. The molecule has 0 aromatic carbocycles. The molecular weight excluding hydrogens is 182 g/mol. The van der Waals surface area contributed by atoms with Gasteiger partial charge in [0, 0.05) is 13.2 Å². The molecule has 0 aromatic rings. The van der Waals surface area contributed by atoms with Gasteiger partial charge in [-0.05, 0) is 18.9 Å². The van der Waals surface area contributed by atoms with E-state index in [4.69, 9.17) is 9.84 Å². The molecule has 84 valence electrons. The Labute approximate surface area is 85.6 Å². The lowest BCUT2D eigenvalue weighted by atomic mass is 10.2. The number of hydrogen-bond acceptors (Lipinski definition) is 3. The predicted molar refractivity (Wildman–Crippen MR) is 55.4 cm³/mol. The quantitative estimate of drug-likeness (QED) is 0.580. The molecule has 0 fully saturated rings. The Bertz CT molecular complexity index is 159. The largest absolute Gasteiger partial charge is 0.480 e. The molecule has 1 atom stereocenters. The molecule has 0 radical (unpaired) electrons. The van der Waals surface area contributed by atoms with Gasteiger partial charge in [-0.25, -0.2) is 0 Å². The minimum absolute atomic E-state index is 0.479. The third-order valence-corrected chi connectivity index (χ3v) is 1.75. The summed E-state index contributed by atoms with van der Waals surface area (Å²) in [5, 5.41) is 11.7. The van der Waals surface area contributed by atoms with Gasteiger partial charge in [-0.3, -0.25) is 4.79 Å². The van der Waals surface area contributed by atoms with Gasteiger partial charge in [0.05, 0.1) is 0 Å². The topological polar surface area (TPSA) is 58.6 Å². The van der Waals surface area contributed by atoms with E-state index in [1.165, 1.54) is 0 Å². The smallest absolute Gasteiger partial charge is 0.320 e. The van der Waals surface area contributed by atoms with Crippen molar-refractivity contribution in [1.29, 1.82) is 0 Å². The highest BCUT2D eigenvalue weighted by Gasteiger charge is 2.14. The zero-order valence-corrected chi connectivity index (χ0v) is 9.25. The highest BCUT2D eigenvalue weighted by Crippen LogP contribution is 1.97. The van der Waals surface area contributed by atoms with Crippen LogP contribution >= 0.6 is 0 Å². The average molecular weight is 203 g/mol. The van der Waals surface area contributed by atoms with Crippen LogP contribution in [0.1, 0.15) is 27.2 Å². The molecule has 2 N–H and O–H groups in total. The van der Waals surface area contributed by atoms with Gasteiger partial charge >= 0.3 is 5.97 Å². The van der Waals surface area contributed by atoms with Crippen molar-refractivity contribution in [3.05, 3.63) is 0 Å². The zero-order valence-electron chi connectivity index (χ0n) is 9.25. The minimum atomic E-state index is -0.806. The molecule has 0 heterocycles. The fourth-order valence-electron chi connectivity index (χ4n) is 1.08. The number of aliphatic carboxylic acids is 1. The summed E-state index contributed by atoms with van der Waals surface area (Å²) in [6.07, 6.45) is 0.524. The zero-order chi connectivity index (χ0) is 11.0. The molecule has 0 amide bonds. The second-order valence-corrected chi connectivity index (χ2v) is 3.71. The van der Waals surface area contributed by atoms with Crippen molar-refractivity contribution in [2.24, 2.45) is 5.92 Å². The number of ether oxygens (including phenoxy) is 1. The molecule has 0 aromatic heterocycles. The van der Waals surface area contributed by atoms with Crippen molar-refractivity contribution in [2.45, 2.75) is 33.2 Å². The van der Waals surface area contributed by atoms with Gasteiger partial charge in [0.25, 0.3) is 0 Å². The van der Waals surface area contributed by atoms with E-state index in [-0.39, 0.29) is 0 Å². The fourth-order valence-corrected chi connectivity index (χ4v) is 1.08. The Morgan fingerprint density at radius 2 is 2.14 bits per heavy atom. The van der Waals surface area contributed by atoms with E-state index in [1.54, 1.807) is 0 Å². The van der Waals surface area contributed by atoms with E-state index in [0.717, 1.165) is 0 Å². The lowest BCUT2D eigenvalue weighted by molar-refractivity contribution is -0.140. The summed E-state index contributed by atoms with van der Waals surface area (Å²) in [6, 6.07) is -0.479. The number of rotatable bonds is 8. The Morgan fingerprint density at radius 3 is 2.57 bits per heavy atom. The van der Waals surface area contributed by atoms with Gasteiger partial charge in [0.15, 0.2) is 0 Å². The first-order chi connectivity index (χ1) is 6.57. The van der Waals surface area contributed by atoms with Crippen LogP contribution in [0.4, 0.5) is 0 Å². The molecule has 14 heavy (non-hydrogen) atoms. The first kappa shape index (κ1) is 13.4. The lowest BCUT2D eigenvalue weighted by Crippen LogP contribution is -2.37. The Hall–Kier alpha value is -0.610. The number of carboxylic acids is 1. The van der Waals surface area contributed by atoms with Gasteiger partial charge in [-0.1, -0.05) is 20.8 Å². The number of nitrogens with one attached hydrogen (secondary N) is 1. The van der Waals surface area contributed by atoms with E-state index >= 15 is 0 Å². The summed E-state index contributed by atoms with van der Waals surface area (Å²) in [5.74, 6) is -0.308. The van der Waals surface area contributed by atoms with Crippen LogP contribution in [0.25, 0.3) is 0 Å². The van der Waals surface area contributed by atoms with Gasteiger partial charge in [0.2, 0.25) is 0 Å². The summed E-state index contributed by atoms with van der Waals surface area (Å²) >= 11 is 0. The Kier molecular flexibility index (Phi) is 7.42. The Balaban J connectivity index is 3.56. The highest BCUT2D eigenvalue weighted by atomic mass is 16.5. The predicted octanol–water partition coefficient (Wildman–Crippen LogP) is 1.11.